The number of nitrogens with zero attached hydrogens (tertiary/aromatic N) is 1. The number of hydrogen-bond acceptors (Lipinski definition) is 3. The molecule has 1 heterocycles. The highest BCUT2D eigenvalue weighted by molar-refractivity contribution is 5.45. The minimum atomic E-state index is -0.239. The normalized spacial score (nSPS) is 10.5. The number of furan rings is 1. The van der Waals surface area contributed by atoms with Gasteiger partial charge in [0.25, 0.3) is 0 Å². The van der Waals surface area contributed by atoms with Crippen LogP contribution in [-0.4, -0.2) is 7.05 Å². The van der Waals surface area contributed by atoms with E-state index < -0.39 is 0 Å². The molecule has 0 aliphatic carbocycles. The molecular weight excluding hydrogens is 219 g/mol. The van der Waals surface area contributed by atoms with E-state index in [9.17, 15) is 4.39 Å². The Labute approximate surface area is 99.6 Å². The van der Waals surface area contributed by atoms with Crippen molar-refractivity contribution in [2.45, 2.75) is 13.1 Å². The van der Waals surface area contributed by atoms with Gasteiger partial charge in [0.15, 0.2) is 0 Å². The van der Waals surface area contributed by atoms with Gasteiger partial charge in [-0.25, -0.2) is 4.39 Å². The molecule has 2 N–H and O–H groups in total. The van der Waals surface area contributed by atoms with Crippen LogP contribution in [0, 0.1) is 5.82 Å². The van der Waals surface area contributed by atoms with Crippen LogP contribution in [0.4, 0.5) is 10.1 Å². The molecule has 0 fully saturated rings. The molecule has 0 unspecified atom stereocenters. The van der Waals surface area contributed by atoms with Gasteiger partial charge in [0.1, 0.15) is 11.6 Å². The molecule has 0 radical (unpaired) electrons. The summed E-state index contributed by atoms with van der Waals surface area (Å²) in [6, 6.07) is 8.38. The van der Waals surface area contributed by atoms with Crippen molar-refractivity contribution in [1.82, 2.24) is 0 Å². The van der Waals surface area contributed by atoms with Crippen LogP contribution in [0.25, 0.3) is 0 Å². The summed E-state index contributed by atoms with van der Waals surface area (Å²) in [6.07, 6.45) is 1.65. The second kappa shape index (κ2) is 5.01. The van der Waals surface area contributed by atoms with Crippen LogP contribution in [0.3, 0.4) is 0 Å². The standard InChI is InChI=1S/C13H15FN2O/c1-16(12-4-2-3-11(14)6-12)8-13-5-10(7-15)9-17-13/h2-6,9H,7-8,15H2,1H3. The summed E-state index contributed by atoms with van der Waals surface area (Å²) in [5.74, 6) is 0.577. The molecule has 1 aromatic heterocycles. The monoisotopic (exact) mass is 234 g/mol. The Morgan fingerprint density at radius 1 is 1.35 bits per heavy atom. The van der Waals surface area contributed by atoms with E-state index in [1.54, 1.807) is 12.3 Å². The van der Waals surface area contributed by atoms with E-state index in [-0.39, 0.29) is 5.82 Å². The molecule has 0 atom stereocenters. The quantitative estimate of drug-likeness (QED) is 0.883. The van der Waals surface area contributed by atoms with E-state index in [1.165, 1.54) is 12.1 Å². The summed E-state index contributed by atoms with van der Waals surface area (Å²) < 4.78 is 18.4. The summed E-state index contributed by atoms with van der Waals surface area (Å²) >= 11 is 0. The maximum Gasteiger partial charge on any atom is 0.125 e. The average molecular weight is 234 g/mol. The minimum Gasteiger partial charge on any atom is -0.467 e. The van der Waals surface area contributed by atoms with E-state index in [0.29, 0.717) is 13.1 Å². The Morgan fingerprint density at radius 3 is 2.82 bits per heavy atom. The first-order valence-corrected chi connectivity index (χ1v) is 5.42. The Morgan fingerprint density at radius 2 is 2.18 bits per heavy atom. The van der Waals surface area contributed by atoms with E-state index in [0.717, 1.165) is 17.0 Å². The first-order valence-electron chi connectivity index (χ1n) is 5.42. The van der Waals surface area contributed by atoms with Crippen molar-refractivity contribution in [2.75, 3.05) is 11.9 Å². The first kappa shape index (κ1) is 11.7. The van der Waals surface area contributed by atoms with Crippen molar-refractivity contribution in [3.63, 3.8) is 0 Å². The predicted octanol–water partition coefficient (Wildman–Crippen LogP) is 2.51. The van der Waals surface area contributed by atoms with Crippen molar-refractivity contribution >= 4 is 5.69 Å². The van der Waals surface area contributed by atoms with E-state index in [1.807, 2.05) is 24.1 Å². The number of nitrogens with two attached hydrogens (primary N) is 1. The third-order valence-corrected chi connectivity index (χ3v) is 2.59. The Bertz CT molecular complexity index is 496. The second-order valence-corrected chi connectivity index (χ2v) is 3.96. The summed E-state index contributed by atoms with van der Waals surface area (Å²) in [7, 11) is 1.89. The van der Waals surface area contributed by atoms with Crippen molar-refractivity contribution < 1.29 is 8.81 Å². The first-order chi connectivity index (χ1) is 8.19. The van der Waals surface area contributed by atoms with Crippen LogP contribution < -0.4 is 10.6 Å². The molecule has 2 aromatic rings. The van der Waals surface area contributed by atoms with Gasteiger partial charge in [0, 0.05) is 24.8 Å². The maximum absolute atomic E-state index is 13.1. The lowest BCUT2D eigenvalue weighted by atomic mass is 10.2. The fraction of sp³-hybridized carbons (Fsp3) is 0.231. The molecule has 4 heteroatoms. The van der Waals surface area contributed by atoms with Gasteiger partial charge < -0.3 is 15.1 Å². The van der Waals surface area contributed by atoms with E-state index >= 15 is 0 Å². The number of halogens is 1. The molecule has 90 valence electrons. The number of rotatable bonds is 4. The summed E-state index contributed by atoms with van der Waals surface area (Å²) in [4.78, 5) is 1.92. The fourth-order valence-corrected chi connectivity index (χ4v) is 1.65. The van der Waals surface area contributed by atoms with Crippen LogP contribution in [0.5, 0.6) is 0 Å². The molecule has 0 bridgehead atoms. The molecule has 0 saturated heterocycles. The average Bonchev–Trinajstić information content (AvgIpc) is 2.77. The summed E-state index contributed by atoms with van der Waals surface area (Å²) in [5, 5.41) is 0. The SMILES string of the molecule is CN(Cc1cc(CN)co1)c1cccc(F)c1. The maximum atomic E-state index is 13.1. The third-order valence-electron chi connectivity index (χ3n) is 2.59. The molecular formula is C13H15FN2O. The largest absolute Gasteiger partial charge is 0.467 e. The molecule has 1 aromatic carbocycles. The molecule has 0 aliphatic heterocycles. The zero-order valence-corrected chi connectivity index (χ0v) is 9.69. The summed E-state index contributed by atoms with van der Waals surface area (Å²) in [6.45, 7) is 1.05. The van der Waals surface area contributed by atoms with Crippen molar-refractivity contribution in [3.8, 4) is 0 Å². The molecule has 3 nitrogen and oxygen atoms in total. The molecule has 0 amide bonds. The van der Waals surface area contributed by atoms with E-state index in [2.05, 4.69) is 0 Å². The fourth-order valence-electron chi connectivity index (χ4n) is 1.65. The molecule has 0 saturated carbocycles. The number of anilines is 1. The van der Waals surface area contributed by atoms with E-state index in [4.69, 9.17) is 10.2 Å². The van der Waals surface area contributed by atoms with Gasteiger partial charge in [-0.2, -0.15) is 0 Å². The lowest BCUT2D eigenvalue weighted by molar-refractivity contribution is 0.505. The zero-order chi connectivity index (χ0) is 12.3. The lowest BCUT2D eigenvalue weighted by Gasteiger charge is -2.17. The van der Waals surface area contributed by atoms with Gasteiger partial charge >= 0.3 is 0 Å². The highest BCUT2D eigenvalue weighted by atomic mass is 19.1. The van der Waals surface area contributed by atoms with Gasteiger partial charge in [-0.3, -0.25) is 0 Å². The van der Waals surface area contributed by atoms with Gasteiger partial charge in [-0.1, -0.05) is 6.07 Å². The Kier molecular flexibility index (Phi) is 3.44. The zero-order valence-electron chi connectivity index (χ0n) is 9.69. The molecule has 17 heavy (non-hydrogen) atoms. The number of hydrogen-bond donors (Lipinski definition) is 1. The smallest absolute Gasteiger partial charge is 0.125 e. The Hall–Kier alpha value is -1.81. The van der Waals surface area contributed by atoms with Crippen LogP contribution in [0.2, 0.25) is 0 Å². The van der Waals surface area contributed by atoms with Crippen LogP contribution >= 0.6 is 0 Å². The van der Waals surface area contributed by atoms with Gasteiger partial charge in [0.2, 0.25) is 0 Å². The lowest BCUT2D eigenvalue weighted by Crippen LogP contribution is -2.15. The summed E-state index contributed by atoms with van der Waals surface area (Å²) in [5.41, 5.74) is 7.28. The second-order valence-electron chi connectivity index (χ2n) is 3.96. The molecule has 2 rings (SSSR count). The predicted molar refractivity (Wildman–Crippen MR) is 65.1 cm³/mol. The highest BCUT2D eigenvalue weighted by Gasteiger charge is 2.06. The molecule has 0 spiro atoms. The van der Waals surface area contributed by atoms with Gasteiger partial charge in [0.05, 0.1) is 12.8 Å². The Balaban J connectivity index is 2.08. The minimum absolute atomic E-state index is 0.239. The van der Waals surface area contributed by atoms with Crippen molar-refractivity contribution in [2.24, 2.45) is 5.73 Å². The molecule has 0 aliphatic rings. The topological polar surface area (TPSA) is 42.4 Å². The van der Waals surface area contributed by atoms with Crippen LogP contribution in [0.15, 0.2) is 41.0 Å². The van der Waals surface area contributed by atoms with Crippen LogP contribution in [0.1, 0.15) is 11.3 Å². The number of benzene rings is 1. The van der Waals surface area contributed by atoms with Crippen molar-refractivity contribution in [1.29, 1.82) is 0 Å². The highest BCUT2D eigenvalue weighted by Crippen LogP contribution is 2.17. The van der Waals surface area contributed by atoms with Crippen molar-refractivity contribution in [3.05, 3.63) is 53.7 Å². The third kappa shape index (κ3) is 2.85. The van der Waals surface area contributed by atoms with Gasteiger partial charge in [-0.05, 0) is 24.3 Å². The van der Waals surface area contributed by atoms with Crippen LogP contribution in [-0.2, 0) is 13.1 Å². The van der Waals surface area contributed by atoms with Gasteiger partial charge in [-0.15, -0.1) is 0 Å².